The van der Waals surface area contributed by atoms with Gasteiger partial charge in [0.2, 0.25) is 11.8 Å². The van der Waals surface area contributed by atoms with E-state index in [0.29, 0.717) is 42.4 Å². The van der Waals surface area contributed by atoms with Crippen LogP contribution in [0.1, 0.15) is 118 Å². The standard InChI is InChI=1S/C34H58N2O5/c1-6-8-12-30(40)35-29(7-2)36-31(41)13-10-9-11-21(3)24-14-15-25-32-26(20-28(39)34(24,25)5)33(4)17-16-23(37)18-22(33)19-27(32)38/h10,13,21-29,32,37-39H,6-9,11-12,14-20H2,1-5H3,(H,35,40)(H,36,41)/t21-,22+,23-,24-,25+,26+,27?,28+,29?,32?,33+,34-/m1/s1. The first-order chi connectivity index (χ1) is 19.4. The summed E-state index contributed by atoms with van der Waals surface area (Å²) in [5, 5.41) is 39.4. The summed E-state index contributed by atoms with van der Waals surface area (Å²) in [7, 11) is 0. The number of carbonyl (C=O) groups is 2. The molecule has 2 amide bonds. The van der Waals surface area contributed by atoms with Crippen molar-refractivity contribution < 1.29 is 24.9 Å². The van der Waals surface area contributed by atoms with Gasteiger partial charge in [-0.3, -0.25) is 9.59 Å². The van der Waals surface area contributed by atoms with Crippen LogP contribution in [-0.2, 0) is 9.59 Å². The SMILES string of the molecule is CCCCC(=O)NC(CC)NC(=O)C=CCC[C@@H](C)[C@H]1CC[C@H]2C3C(O)C[C@@H]4C[C@H](O)CC[C@]4(C)[C@H]3C[C@H](O)[C@]12C. The molecule has 4 rings (SSSR count). The van der Waals surface area contributed by atoms with Gasteiger partial charge in [-0.2, -0.15) is 0 Å². The van der Waals surface area contributed by atoms with Crippen LogP contribution in [-0.4, -0.2) is 51.6 Å². The van der Waals surface area contributed by atoms with Gasteiger partial charge in [-0.05, 0) is 123 Å². The average molecular weight is 575 g/mol. The second-order valence-electron chi connectivity index (χ2n) is 14.6. The third-order valence-corrected chi connectivity index (χ3v) is 12.4. The van der Waals surface area contributed by atoms with Crippen molar-refractivity contribution in [1.29, 1.82) is 0 Å². The lowest BCUT2D eigenvalue weighted by Crippen LogP contribution is -2.62. The molecule has 0 aromatic carbocycles. The molecule has 0 heterocycles. The average Bonchev–Trinajstić information content (AvgIpc) is 3.29. The molecular weight excluding hydrogens is 516 g/mol. The van der Waals surface area contributed by atoms with Crippen LogP contribution in [0.5, 0.6) is 0 Å². The molecule has 0 saturated heterocycles. The number of amides is 2. The Hall–Kier alpha value is -1.44. The molecule has 4 aliphatic rings. The number of nitrogens with one attached hydrogen (secondary N) is 2. The molecule has 7 heteroatoms. The summed E-state index contributed by atoms with van der Waals surface area (Å²) >= 11 is 0. The largest absolute Gasteiger partial charge is 0.393 e. The molecule has 4 fully saturated rings. The molecule has 0 spiro atoms. The molecule has 5 N–H and O–H groups in total. The lowest BCUT2D eigenvalue weighted by molar-refractivity contribution is -0.207. The predicted molar refractivity (Wildman–Crippen MR) is 161 cm³/mol. The second-order valence-corrected chi connectivity index (χ2v) is 14.6. The van der Waals surface area contributed by atoms with E-state index in [1.165, 1.54) is 0 Å². The van der Waals surface area contributed by atoms with E-state index in [-0.39, 0.29) is 53.0 Å². The number of fused-ring (bicyclic) bond motifs is 5. The van der Waals surface area contributed by atoms with E-state index in [1.807, 2.05) is 13.0 Å². The number of rotatable bonds is 11. The van der Waals surface area contributed by atoms with E-state index in [2.05, 4.69) is 38.3 Å². The van der Waals surface area contributed by atoms with E-state index in [9.17, 15) is 24.9 Å². The quantitative estimate of drug-likeness (QED) is 0.174. The second kappa shape index (κ2) is 13.5. The molecule has 3 unspecified atom stereocenters. The first-order valence-corrected chi connectivity index (χ1v) is 16.8. The van der Waals surface area contributed by atoms with Crippen LogP contribution in [0.25, 0.3) is 0 Å². The highest BCUT2D eigenvalue weighted by Gasteiger charge is 2.65. The summed E-state index contributed by atoms with van der Waals surface area (Å²) < 4.78 is 0. The van der Waals surface area contributed by atoms with E-state index in [4.69, 9.17) is 0 Å². The van der Waals surface area contributed by atoms with Gasteiger partial charge in [0.25, 0.3) is 0 Å². The Labute approximate surface area is 248 Å². The van der Waals surface area contributed by atoms with Crippen LogP contribution >= 0.6 is 0 Å². The fraction of sp³-hybridized carbons (Fsp3) is 0.882. The third-order valence-electron chi connectivity index (χ3n) is 12.4. The van der Waals surface area contributed by atoms with Gasteiger partial charge in [0, 0.05) is 6.42 Å². The van der Waals surface area contributed by atoms with Crippen molar-refractivity contribution in [2.75, 3.05) is 0 Å². The smallest absolute Gasteiger partial charge is 0.245 e. The molecule has 41 heavy (non-hydrogen) atoms. The fourth-order valence-corrected chi connectivity index (χ4v) is 9.95. The number of aliphatic hydroxyl groups is 3. The molecular formula is C34H58N2O5. The minimum absolute atomic E-state index is 0.0244. The Kier molecular flexibility index (Phi) is 10.7. The minimum atomic E-state index is -0.377. The zero-order valence-corrected chi connectivity index (χ0v) is 26.3. The van der Waals surface area contributed by atoms with Gasteiger partial charge in [-0.15, -0.1) is 0 Å². The highest BCUT2D eigenvalue weighted by molar-refractivity contribution is 5.88. The summed E-state index contributed by atoms with van der Waals surface area (Å²) in [5.74, 6) is 1.79. The molecule has 4 saturated carbocycles. The van der Waals surface area contributed by atoms with Crippen LogP contribution in [0.2, 0.25) is 0 Å². The zero-order chi connectivity index (χ0) is 29.9. The van der Waals surface area contributed by atoms with Crippen LogP contribution in [0, 0.1) is 46.3 Å². The number of hydrogen-bond acceptors (Lipinski definition) is 5. The van der Waals surface area contributed by atoms with E-state index >= 15 is 0 Å². The van der Waals surface area contributed by atoms with Crippen molar-refractivity contribution in [2.24, 2.45) is 46.3 Å². The Bertz CT molecular complexity index is 940. The predicted octanol–water partition coefficient (Wildman–Crippen LogP) is 5.08. The topological polar surface area (TPSA) is 119 Å². The lowest BCUT2D eigenvalue weighted by Gasteiger charge is -2.63. The lowest BCUT2D eigenvalue weighted by atomic mass is 9.43. The van der Waals surface area contributed by atoms with Crippen molar-refractivity contribution >= 4 is 11.8 Å². The molecule has 0 radical (unpaired) electrons. The van der Waals surface area contributed by atoms with Crippen LogP contribution < -0.4 is 10.6 Å². The van der Waals surface area contributed by atoms with Crippen molar-refractivity contribution in [2.45, 2.75) is 143 Å². The summed E-state index contributed by atoms with van der Waals surface area (Å²) in [6.07, 6.45) is 13.1. The number of aliphatic hydroxyl groups excluding tert-OH is 3. The normalized spacial score (nSPS) is 41.7. The van der Waals surface area contributed by atoms with Gasteiger partial charge in [0.1, 0.15) is 6.17 Å². The Morgan fingerprint density at radius 1 is 1.00 bits per heavy atom. The van der Waals surface area contributed by atoms with Crippen molar-refractivity contribution in [3.63, 3.8) is 0 Å². The first kappa shape index (κ1) is 32.5. The van der Waals surface area contributed by atoms with Crippen molar-refractivity contribution in [1.82, 2.24) is 10.6 Å². The number of allylic oxidation sites excluding steroid dienone is 1. The monoisotopic (exact) mass is 574 g/mol. The van der Waals surface area contributed by atoms with Crippen molar-refractivity contribution in [3.8, 4) is 0 Å². The van der Waals surface area contributed by atoms with E-state index < -0.39 is 0 Å². The Morgan fingerprint density at radius 3 is 2.46 bits per heavy atom. The molecule has 0 aromatic rings. The highest BCUT2D eigenvalue weighted by Crippen LogP contribution is 2.68. The molecule has 0 aromatic heterocycles. The van der Waals surface area contributed by atoms with Crippen LogP contribution in [0.3, 0.4) is 0 Å². The fourth-order valence-electron chi connectivity index (χ4n) is 9.95. The van der Waals surface area contributed by atoms with Crippen molar-refractivity contribution in [3.05, 3.63) is 12.2 Å². The molecule has 234 valence electrons. The first-order valence-electron chi connectivity index (χ1n) is 16.8. The van der Waals surface area contributed by atoms with Gasteiger partial charge in [0.15, 0.2) is 0 Å². The summed E-state index contributed by atoms with van der Waals surface area (Å²) in [6, 6.07) is 0. The Morgan fingerprint density at radius 2 is 1.76 bits per heavy atom. The molecule has 0 bridgehead atoms. The maximum absolute atomic E-state index is 12.5. The van der Waals surface area contributed by atoms with Gasteiger partial charge in [0.05, 0.1) is 18.3 Å². The van der Waals surface area contributed by atoms with Crippen LogP contribution in [0.15, 0.2) is 12.2 Å². The summed E-state index contributed by atoms with van der Waals surface area (Å²) in [6.45, 7) is 11.0. The maximum atomic E-state index is 12.5. The molecule has 4 aliphatic carbocycles. The molecule has 0 aliphatic heterocycles. The highest BCUT2D eigenvalue weighted by atomic mass is 16.3. The van der Waals surface area contributed by atoms with Gasteiger partial charge >= 0.3 is 0 Å². The third kappa shape index (κ3) is 6.57. The van der Waals surface area contributed by atoms with Crippen LogP contribution in [0.4, 0.5) is 0 Å². The Balaban J connectivity index is 1.33. The number of hydrogen-bond donors (Lipinski definition) is 5. The molecule has 12 atom stereocenters. The van der Waals surface area contributed by atoms with E-state index in [0.717, 1.165) is 70.6 Å². The summed E-state index contributed by atoms with van der Waals surface area (Å²) in [4.78, 5) is 24.5. The number of unbranched alkanes of at least 4 members (excludes halogenated alkanes) is 1. The van der Waals surface area contributed by atoms with Gasteiger partial charge in [-0.1, -0.05) is 47.1 Å². The number of carbonyl (C=O) groups excluding carboxylic acids is 2. The van der Waals surface area contributed by atoms with Gasteiger partial charge in [-0.25, -0.2) is 0 Å². The molecule has 7 nitrogen and oxygen atoms in total. The van der Waals surface area contributed by atoms with E-state index in [1.54, 1.807) is 6.08 Å². The summed E-state index contributed by atoms with van der Waals surface area (Å²) in [5.41, 5.74) is -0.111. The van der Waals surface area contributed by atoms with Gasteiger partial charge < -0.3 is 26.0 Å². The minimum Gasteiger partial charge on any atom is -0.393 e. The zero-order valence-electron chi connectivity index (χ0n) is 26.3. The maximum Gasteiger partial charge on any atom is 0.245 e.